The molecule has 8 heteroatoms. The minimum atomic E-state index is -0.416. The van der Waals surface area contributed by atoms with Crippen molar-refractivity contribution in [2.75, 3.05) is 6.61 Å². The third-order valence-electron chi connectivity index (χ3n) is 5.11. The molecule has 1 amide bonds. The Labute approximate surface area is 185 Å². The second-order valence-electron chi connectivity index (χ2n) is 8.00. The molecule has 31 heavy (non-hydrogen) atoms. The Morgan fingerprint density at radius 3 is 2.74 bits per heavy atom. The minimum absolute atomic E-state index is 0.0307. The lowest BCUT2D eigenvalue weighted by Crippen LogP contribution is -2.27. The molecule has 162 valence electrons. The number of amides is 1. The van der Waals surface area contributed by atoms with Gasteiger partial charge in [-0.3, -0.25) is 4.79 Å². The van der Waals surface area contributed by atoms with Crippen molar-refractivity contribution in [3.05, 3.63) is 64.8 Å². The van der Waals surface area contributed by atoms with Crippen LogP contribution in [0.25, 0.3) is 11.4 Å². The number of nitrogens with zero attached hydrogens (tertiary/aromatic N) is 3. The molecule has 2 aromatic carbocycles. The molecule has 2 heterocycles. The Balaban J connectivity index is 1.50. The highest BCUT2D eigenvalue weighted by atomic mass is 35.5. The van der Waals surface area contributed by atoms with Gasteiger partial charge in [0, 0.05) is 23.6 Å². The van der Waals surface area contributed by atoms with E-state index >= 15 is 0 Å². The molecule has 3 aromatic rings. The van der Waals surface area contributed by atoms with Crippen LogP contribution in [0.5, 0.6) is 5.75 Å². The molecule has 1 aromatic heterocycles. The van der Waals surface area contributed by atoms with Crippen LogP contribution in [-0.4, -0.2) is 27.6 Å². The van der Waals surface area contributed by atoms with Gasteiger partial charge in [0.1, 0.15) is 17.6 Å². The van der Waals surface area contributed by atoms with Crippen LogP contribution in [-0.2, 0) is 11.3 Å². The standard InChI is InChI=1S/C23H23ClFN3O3/c1-14(2)13-30-18-7-4-15(5-8-18)22-26-23(31-27-22)20-9-10-21(29)28(20)12-16-3-6-17(25)11-19(16)24/h3-8,11,14,20H,9-10,12-13H2,1-2H3. The van der Waals surface area contributed by atoms with Crippen LogP contribution in [0.4, 0.5) is 4.39 Å². The number of aromatic nitrogens is 2. The zero-order valence-corrected chi connectivity index (χ0v) is 18.1. The summed E-state index contributed by atoms with van der Waals surface area (Å²) in [5, 5.41) is 4.37. The van der Waals surface area contributed by atoms with Crippen LogP contribution in [0, 0.1) is 11.7 Å². The van der Waals surface area contributed by atoms with Crippen LogP contribution in [0.2, 0.25) is 5.02 Å². The first-order valence-corrected chi connectivity index (χ1v) is 10.6. The van der Waals surface area contributed by atoms with Gasteiger partial charge in [-0.05, 0) is 54.3 Å². The van der Waals surface area contributed by atoms with Gasteiger partial charge in [0.25, 0.3) is 0 Å². The van der Waals surface area contributed by atoms with Crippen LogP contribution >= 0.6 is 11.6 Å². The first kappa shape index (κ1) is 21.3. The molecule has 0 bridgehead atoms. The summed E-state index contributed by atoms with van der Waals surface area (Å²) in [4.78, 5) is 18.6. The molecule has 1 saturated heterocycles. The number of benzene rings is 2. The number of likely N-dealkylation sites (tertiary alicyclic amines) is 1. The highest BCUT2D eigenvalue weighted by molar-refractivity contribution is 6.31. The van der Waals surface area contributed by atoms with E-state index in [4.69, 9.17) is 20.9 Å². The van der Waals surface area contributed by atoms with Gasteiger partial charge < -0.3 is 14.2 Å². The first-order valence-electron chi connectivity index (χ1n) is 10.2. The summed E-state index contributed by atoms with van der Waals surface area (Å²) in [5.41, 5.74) is 1.46. The fraction of sp³-hybridized carbons (Fsp3) is 0.348. The SMILES string of the molecule is CC(C)COc1ccc(-c2noc(C3CCC(=O)N3Cc3ccc(F)cc3Cl)n2)cc1. The summed E-state index contributed by atoms with van der Waals surface area (Å²) in [5.74, 6) is 1.60. The number of hydrogen-bond acceptors (Lipinski definition) is 5. The van der Waals surface area contributed by atoms with Gasteiger partial charge >= 0.3 is 0 Å². The monoisotopic (exact) mass is 443 g/mol. The zero-order valence-electron chi connectivity index (χ0n) is 17.3. The lowest BCUT2D eigenvalue weighted by molar-refractivity contribution is -0.129. The first-order chi connectivity index (χ1) is 14.9. The molecule has 0 N–H and O–H groups in total. The van der Waals surface area contributed by atoms with Gasteiger partial charge in [-0.25, -0.2) is 4.39 Å². The molecule has 0 aliphatic carbocycles. The van der Waals surface area contributed by atoms with Crippen molar-refractivity contribution in [3.8, 4) is 17.1 Å². The Hall–Kier alpha value is -2.93. The number of rotatable bonds is 7. The number of ether oxygens (including phenoxy) is 1. The molecule has 1 unspecified atom stereocenters. The van der Waals surface area contributed by atoms with Crippen LogP contribution in [0.3, 0.4) is 0 Å². The maximum Gasteiger partial charge on any atom is 0.249 e. The van der Waals surface area contributed by atoms with Crippen molar-refractivity contribution >= 4 is 17.5 Å². The normalized spacial score (nSPS) is 16.4. The zero-order chi connectivity index (χ0) is 22.0. The molecule has 0 saturated carbocycles. The Bertz CT molecular complexity index is 1070. The van der Waals surface area contributed by atoms with Crippen LogP contribution in [0.15, 0.2) is 47.0 Å². The maximum absolute atomic E-state index is 13.3. The predicted octanol–water partition coefficient (Wildman–Crippen LogP) is 5.43. The smallest absolute Gasteiger partial charge is 0.249 e. The van der Waals surface area contributed by atoms with Crippen LogP contribution in [0.1, 0.15) is 44.2 Å². The van der Waals surface area contributed by atoms with Crippen molar-refractivity contribution in [3.63, 3.8) is 0 Å². The lowest BCUT2D eigenvalue weighted by atomic mass is 10.1. The van der Waals surface area contributed by atoms with E-state index in [-0.39, 0.29) is 23.5 Å². The van der Waals surface area contributed by atoms with E-state index in [1.165, 1.54) is 12.1 Å². The van der Waals surface area contributed by atoms with Gasteiger partial charge in [0.05, 0.1) is 6.61 Å². The second-order valence-corrected chi connectivity index (χ2v) is 8.40. The van der Waals surface area contributed by atoms with E-state index in [9.17, 15) is 9.18 Å². The van der Waals surface area contributed by atoms with E-state index in [1.54, 1.807) is 11.0 Å². The van der Waals surface area contributed by atoms with E-state index in [0.717, 1.165) is 11.3 Å². The molecule has 6 nitrogen and oxygen atoms in total. The highest BCUT2D eigenvalue weighted by Crippen LogP contribution is 2.35. The average molecular weight is 444 g/mol. The fourth-order valence-corrected chi connectivity index (χ4v) is 3.70. The Morgan fingerprint density at radius 2 is 2.03 bits per heavy atom. The predicted molar refractivity (Wildman–Crippen MR) is 114 cm³/mol. The molecule has 1 aliphatic heterocycles. The van der Waals surface area contributed by atoms with E-state index in [0.29, 0.717) is 42.6 Å². The van der Waals surface area contributed by atoms with Gasteiger partial charge in [-0.1, -0.05) is 36.7 Å². The van der Waals surface area contributed by atoms with E-state index < -0.39 is 5.82 Å². The van der Waals surface area contributed by atoms with E-state index in [1.807, 2.05) is 24.3 Å². The summed E-state index contributed by atoms with van der Waals surface area (Å²) in [6.07, 6.45) is 0.949. The van der Waals surface area contributed by atoms with Gasteiger partial charge in [-0.2, -0.15) is 4.98 Å². The molecular weight excluding hydrogens is 421 g/mol. The molecule has 1 aliphatic rings. The second kappa shape index (κ2) is 9.06. The molecule has 4 rings (SSSR count). The highest BCUT2D eigenvalue weighted by Gasteiger charge is 2.36. The average Bonchev–Trinajstić information content (AvgIpc) is 3.36. The fourth-order valence-electron chi connectivity index (χ4n) is 3.47. The van der Waals surface area contributed by atoms with Gasteiger partial charge in [0.15, 0.2) is 0 Å². The topological polar surface area (TPSA) is 68.5 Å². The largest absolute Gasteiger partial charge is 0.493 e. The Morgan fingerprint density at radius 1 is 1.26 bits per heavy atom. The molecule has 0 spiro atoms. The maximum atomic E-state index is 13.3. The summed E-state index contributed by atoms with van der Waals surface area (Å²) in [6.45, 7) is 5.09. The number of hydrogen-bond donors (Lipinski definition) is 0. The van der Waals surface area contributed by atoms with Gasteiger partial charge in [-0.15, -0.1) is 0 Å². The third-order valence-corrected chi connectivity index (χ3v) is 5.46. The summed E-state index contributed by atoms with van der Waals surface area (Å²) >= 11 is 6.15. The summed E-state index contributed by atoms with van der Waals surface area (Å²) < 4.78 is 24.5. The molecular formula is C23H23ClFN3O3. The molecule has 1 atom stereocenters. The van der Waals surface area contributed by atoms with E-state index in [2.05, 4.69) is 24.0 Å². The Kier molecular flexibility index (Phi) is 6.23. The minimum Gasteiger partial charge on any atom is -0.493 e. The van der Waals surface area contributed by atoms with Gasteiger partial charge in [0.2, 0.25) is 17.6 Å². The number of carbonyl (C=O) groups excluding carboxylic acids is 1. The lowest BCUT2D eigenvalue weighted by Gasteiger charge is -2.22. The van der Waals surface area contributed by atoms with Crippen molar-refractivity contribution in [2.45, 2.75) is 39.3 Å². The number of carbonyl (C=O) groups is 1. The van der Waals surface area contributed by atoms with Crippen molar-refractivity contribution in [1.29, 1.82) is 0 Å². The molecule has 1 fully saturated rings. The van der Waals surface area contributed by atoms with Crippen molar-refractivity contribution in [1.82, 2.24) is 15.0 Å². The third kappa shape index (κ3) is 4.88. The van der Waals surface area contributed by atoms with Crippen LogP contribution < -0.4 is 4.74 Å². The quantitative estimate of drug-likeness (QED) is 0.487. The molecule has 0 radical (unpaired) electrons. The summed E-state index contributed by atoms with van der Waals surface area (Å²) in [7, 11) is 0. The van der Waals surface area contributed by atoms with Crippen molar-refractivity contribution < 1.29 is 18.4 Å². The van der Waals surface area contributed by atoms with Crippen molar-refractivity contribution in [2.24, 2.45) is 5.92 Å². The summed E-state index contributed by atoms with van der Waals surface area (Å²) in [6, 6.07) is 11.3. The number of halogens is 2.